The van der Waals surface area contributed by atoms with E-state index in [0.29, 0.717) is 0 Å². The topological polar surface area (TPSA) is 38.8 Å². The molecule has 1 saturated heterocycles. The van der Waals surface area contributed by atoms with E-state index in [1.54, 1.807) is 0 Å². The monoisotopic (exact) mass is 325 g/mol. The predicted octanol–water partition coefficient (Wildman–Crippen LogP) is 4.32. The number of carbonyl (C=O) groups excluding carboxylic acids is 1. The molecule has 0 aromatic carbocycles. The molecule has 2 heterocycles. The number of ether oxygens (including phenoxy) is 1. The van der Waals surface area contributed by atoms with Crippen molar-refractivity contribution in [1.82, 2.24) is 4.90 Å². The fraction of sp³-hybridized carbons (Fsp3) is 0.824. The molecule has 4 nitrogen and oxygen atoms in total. The predicted molar refractivity (Wildman–Crippen MR) is 91.5 cm³/mol. The van der Waals surface area contributed by atoms with Gasteiger partial charge in [0.05, 0.1) is 18.2 Å². The van der Waals surface area contributed by atoms with Crippen LogP contribution in [0.15, 0.2) is 12.2 Å². The highest BCUT2D eigenvalue weighted by atomic mass is 28.4. The Labute approximate surface area is 136 Å². The minimum absolute atomic E-state index is 0.0522. The Morgan fingerprint density at radius 1 is 1.18 bits per heavy atom. The van der Waals surface area contributed by atoms with Crippen LogP contribution in [0.3, 0.4) is 0 Å². The molecule has 0 spiro atoms. The standard InChI is InChI=1S/C17H31NO3Si/c1-7-22(8-2,9-3)21-15-12-13-10-11-14(15)18(13)16(19)20-17(4,5)6/h10-11,13-15H,7-9,12H2,1-6H3/t13?,14?,15-/m0/s1. The van der Waals surface area contributed by atoms with Crippen LogP contribution in [0.25, 0.3) is 0 Å². The second kappa shape index (κ2) is 6.36. The molecule has 2 aliphatic heterocycles. The van der Waals surface area contributed by atoms with Crippen molar-refractivity contribution in [3.05, 3.63) is 12.2 Å². The summed E-state index contributed by atoms with van der Waals surface area (Å²) < 4.78 is 12.2. The molecule has 1 amide bonds. The molecule has 126 valence electrons. The van der Waals surface area contributed by atoms with Gasteiger partial charge in [-0.05, 0) is 45.3 Å². The van der Waals surface area contributed by atoms with Crippen molar-refractivity contribution in [3.63, 3.8) is 0 Å². The Hall–Kier alpha value is -0.813. The van der Waals surface area contributed by atoms with Crippen LogP contribution in [0.2, 0.25) is 18.1 Å². The first-order chi connectivity index (χ1) is 10.2. The highest BCUT2D eigenvalue weighted by Crippen LogP contribution is 2.38. The van der Waals surface area contributed by atoms with Gasteiger partial charge in [-0.25, -0.2) is 4.79 Å². The molecule has 3 atom stereocenters. The zero-order valence-corrected chi connectivity index (χ0v) is 15.9. The third kappa shape index (κ3) is 3.40. The van der Waals surface area contributed by atoms with E-state index in [1.165, 1.54) is 0 Å². The molecule has 0 saturated carbocycles. The van der Waals surface area contributed by atoms with Gasteiger partial charge in [-0.1, -0.05) is 32.9 Å². The largest absolute Gasteiger partial charge is 0.444 e. The summed E-state index contributed by atoms with van der Waals surface area (Å²) >= 11 is 0. The lowest BCUT2D eigenvalue weighted by Gasteiger charge is -2.34. The van der Waals surface area contributed by atoms with E-state index in [1.807, 2.05) is 25.7 Å². The van der Waals surface area contributed by atoms with Crippen molar-refractivity contribution < 1.29 is 14.0 Å². The van der Waals surface area contributed by atoms with Gasteiger partial charge in [0.2, 0.25) is 0 Å². The lowest BCUT2D eigenvalue weighted by atomic mass is 10.1. The summed E-state index contributed by atoms with van der Waals surface area (Å²) in [5.74, 6) is 0. The van der Waals surface area contributed by atoms with Crippen LogP contribution in [0.5, 0.6) is 0 Å². The molecule has 2 bridgehead atoms. The third-order valence-corrected chi connectivity index (χ3v) is 9.67. The van der Waals surface area contributed by atoms with E-state index in [4.69, 9.17) is 9.16 Å². The summed E-state index contributed by atoms with van der Waals surface area (Å²) in [6, 6.07) is 3.62. The molecule has 2 aliphatic rings. The van der Waals surface area contributed by atoms with Crippen molar-refractivity contribution in [2.75, 3.05) is 0 Å². The van der Waals surface area contributed by atoms with Crippen LogP contribution in [0.1, 0.15) is 48.0 Å². The molecule has 5 heteroatoms. The van der Waals surface area contributed by atoms with Crippen LogP contribution in [0, 0.1) is 0 Å². The summed E-state index contributed by atoms with van der Waals surface area (Å²) in [6.45, 7) is 12.5. The molecule has 0 radical (unpaired) electrons. The van der Waals surface area contributed by atoms with Gasteiger partial charge in [-0.2, -0.15) is 0 Å². The number of hydrogen-bond donors (Lipinski definition) is 0. The Bertz CT molecular complexity index is 431. The van der Waals surface area contributed by atoms with Crippen molar-refractivity contribution >= 4 is 14.4 Å². The maximum Gasteiger partial charge on any atom is 0.411 e. The highest BCUT2D eigenvalue weighted by molar-refractivity contribution is 6.73. The Morgan fingerprint density at radius 2 is 1.77 bits per heavy atom. The van der Waals surface area contributed by atoms with E-state index < -0.39 is 13.9 Å². The lowest BCUT2D eigenvalue weighted by Crippen LogP contribution is -2.46. The van der Waals surface area contributed by atoms with Gasteiger partial charge in [0, 0.05) is 0 Å². The summed E-state index contributed by atoms with van der Waals surface area (Å²) in [5, 5.41) is 0. The molecule has 0 aliphatic carbocycles. The number of nitrogens with zero attached hydrogens (tertiary/aromatic N) is 1. The van der Waals surface area contributed by atoms with E-state index in [-0.39, 0.29) is 24.3 Å². The van der Waals surface area contributed by atoms with E-state index in [0.717, 1.165) is 24.6 Å². The smallest absolute Gasteiger partial charge is 0.411 e. The molecular weight excluding hydrogens is 294 g/mol. The molecule has 22 heavy (non-hydrogen) atoms. The first-order valence-corrected chi connectivity index (χ1v) is 11.2. The Balaban J connectivity index is 2.07. The molecular formula is C17H31NO3Si. The molecule has 2 unspecified atom stereocenters. The maximum atomic E-state index is 12.5. The Kier molecular flexibility index (Phi) is 5.07. The van der Waals surface area contributed by atoms with Crippen LogP contribution in [-0.2, 0) is 9.16 Å². The summed E-state index contributed by atoms with van der Waals surface area (Å²) in [7, 11) is -1.64. The molecule has 2 rings (SSSR count). The van der Waals surface area contributed by atoms with Crippen molar-refractivity contribution in [2.45, 2.75) is 89.9 Å². The van der Waals surface area contributed by atoms with Crippen molar-refractivity contribution in [3.8, 4) is 0 Å². The van der Waals surface area contributed by atoms with E-state index in [2.05, 4.69) is 32.9 Å². The number of amides is 1. The minimum Gasteiger partial charge on any atom is -0.444 e. The zero-order valence-electron chi connectivity index (χ0n) is 14.9. The van der Waals surface area contributed by atoms with Crippen LogP contribution in [0.4, 0.5) is 4.79 Å². The fourth-order valence-corrected chi connectivity index (χ4v) is 6.41. The first-order valence-electron chi connectivity index (χ1n) is 8.62. The lowest BCUT2D eigenvalue weighted by molar-refractivity contribution is 0.0198. The fourth-order valence-electron chi connectivity index (χ4n) is 3.53. The molecule has 0 aromatic rings. The van der Waals surface area contributed by atoms with Gasteiger partial charge in [0.1, 0.15) is 5.60 Å². The van der Waals surface area contributed by atoms with Crippen molar-refractivity contribution in [1.29, 1.82) is 0 Å². The number of carbonyl (C=O) groups is 1. The Morgan fingerprint density at radius 3 is 2.27 bits per heavy atom. The number of fused-ring (bicyclic) bond motifs is 2. The minimum atomic E-state index is -1.64. The van der Waals surface area contributed by atoms with Gasteiger partial charge in [0.15, 0.2) is 8.32 Å². The molecule has 0 aromatic heterocycles. The van der Waals surface area contributed by atoms with E-state index in [9.17, 15) is 4.79 Å². The average molecular weight is 326 g/mol. The van der Waals surface area contributed by atoms with Crippen molar-refractivity contribution in [2.24, 2.45) is 0 Å². The summed E-state index contributed by atoms with van der Waals surface area (Å²) in [4.78, 5) is 14.3. The normalized spacial score (nSPS) is 27.5. The highest BCUT2D eigenvalue weighted by Gasteiger charge is 2.49. The van der Waals surface area contributed by atoms with Gasteiger partial charge in [-0.15, -0.1) is 0 Å². The van der Waals surface area contributed by atoms with Crippen LogP contribution in [-0.4, -0.2) is 43.1 Å². The second-order valence-corrected chi connectivity index (χ2v) is 12.2. The quantitative estimate of drug-likeness (QED) is 0.558. The van der Waals surface area contributed by atoms with Crippen LogP contribution >= 0.6 is 0 Å². The van der Waals surface area contributed by atoms with Gasteiger partial charge in [0.25, 0.3) is 0 Å². The third-order valence-electron chi connectivity index (χ3n) is 5.00. The van der Waals surface area contributed by atoms with Gasteiger partial charge >= 0.3 is 6.09 Å². The number of hydrogen-bond acceptors (Lipinski definition) is 3. The SMILES string of the molecule is CC[Si](CC)(CC)O[C@H]1CC2C=CC1N2C(=O)OC(C)(C)C. The van der Waals surface area contributed by atoms with Gasteiger partial charge in [-0.3, -0.25) is 4.90 Å². The maximum absolute atomic E-state index is 12.5. The zero-order chi connectivity index (χ0) is 16.5. The average Bonchev–Trinajstić information content (AvgIpc) is 3.00. The van der Waals surface area contributed by atoms with Crippen LogP contribution < -0.4 is 0 Å². The molecule has 0 N–H and O–H groups in total. The number of rotatable bonds is 5. The first kappa shape index (κ1) is 17.5. The van der Waals surface area contributed by atoms with E-state index >= 15 is 0 Å². The molecule has 1 fully saturated rings. The summed E-state index contributed by atoms with van der Waals surface area (Å²) in [5.41, 5.74) is -0.454. The second-order valence-electron chi connectivity index (χ2n) is 7.47. The summed E-state index contributed by atoms with van der Waals surface area (Å²) in [6.07, 6.45) is 5.10. The van der Waals surface area contributed by atoms with Gasteiger partial charge < -0.3 is 9.16 Å².